The molecule has 5 nitrogen and oxygen atoms in total. The zero-order valence-electron chi connectivity index (χ0n) is 15.4. The maximum absolute atomic E-state index is 12.1. The lowest BCUT2D eigenvalue weighted by molar-refractivity contribution is -0.885. The van der Waals surface area contributed by atoms with Crippen molar-refractivity contribution >= 4 is 5.91 Å². The van der Waals surface area contributed by atoms with Crippen molar-refractivity contribution in [2.75, 3.05) is 27.8 Å². The number of carbonyl (C=O) groups excluding carboxylic acids is 1. The van der Waals surface area contributed by atoms with E-state index in [4.69, 9.17) is 9.47 Å². The topological polar surface area (TPSA) is 52.0 Å². The van der Waals surface area contributed by atoms with Gasteiger partial charge in [-0.1, -0.05) is 30.3 Å². The van der Waals surface area contributed by atoms with Gasteiger partial charge in [-0.3, -0.25) is 4.79 Å². The first kappa shape index (κ1) is 18.8. The molecule has 0 spiro atoms. The Balaban J connectivity index is 1.91. The number of ether oxygens (including phenoxy) is 2. The first-order valence-electron chi connectivity index (χ1n) is 8.37. The van der Waals surface area contributed by atoms with Gasteiger partial charge in [-0.25, -0.2) is 0 Å². The maximum Gasteiger partial charge on any atom is 0.275 e. The van der Waals surface area contributed by atoms with Crippen molar-refractivity contribution in [1.82, 2.24) is 5.32 Å². The number of rotatable bonds is 8. The maximum atomic E-state index is 12.1. The summed E-state index contributed by atoms with van der Waals surface area (Å²) in [5, 5.41) is 2.97. The predicted octanol–water partition coefficient (Wildman–Crippen LogP) is 1.34. The lowest BCUT2D eigenvalue weighted by Gasteiger charge is -2.17. The van der Waals surface area contributed by atoms with Crippen LogP contribution in [0.1, 0.15) is 16.7 Å². The first-order chi connectivity index (χ1) is 12.0. The molecule has 25 heavy (non-hydrogen) atoms. The van der Waals surface area contributed by atoms with Crippen LogP contribution in [0.15, 0.2) is 42.5 Å². The van der Waals surface area contributed by atoms with Gasteiger partial charge in [0, 0.05) is 12.1 Å². The molecule has 1 unspecified atom stereocenters. The molecule has 0 bridgehead atoms. The quantitative estimate of drug-likeness (QED) is 0.761. The van der Waals surface area contributed by atoms with E-state index in [1.165, 1.54) is 0 Å². The Morgan fingerprint density at radius 3 is 2.36 bits per heavy atom. The fraction of sp³-hybridized carbons (Fsp3) is 0.350. The van der Waals surface area contributed by atoms with Crippen LogP contribution in [0.5, 0.6) is 11.5 Å². The number of amides is 1. The van der Waals surface area contributed by atoms with E-state index >= 15 is 0 Å². The van der Waals surface area contributed by atoms with Gasteiger partial charge in [0.15, 0.2) is 18.0 Å². The van der Waals surface area contributed by atoms with Crippen LogP contribution in [0.25, 0.3) is 0 Å². The second-order valence-corrected chi connectivity index (χ2v) is 6.21. The van der Waals surface area contributed by atoms with Crippen molar-refractivity contribution in [3.63, 3.8) is 0 Å². The SMILES string of the molecule is COc1cc(C)c(C[NH+](C)CC(=O)NCc2ccccc2)cc1OC. The van der Waals surface area contributed by atoms with Crippen LogP contribution in [0.4, 0.5) is 0 Å². The van der Waals surface area contributed by atoms with E-state index in [0.29, 0.717) is 18.8 Å². The van der Waals surface area contributed by atoms with Gasteiger partial charge in [0.25, 0.3) is 5.91 Å². The molecule has 2 aromatic rings. The zero-order chi connectivity index (χ0) is 18.2. The van der Waals surface area contributed by atoms with E-state index in [1.54, 1.807) is 14.2 Å². The van der Waals surface area contributed by atoms with E-state index in [2.05, 4.69) is 5.32 Å². The average Bonchev–Trinajstić information content (AvgIpc) is 2.62. The number of aryl methyl sites for hydroxylation is 1. The Morgan fingerprint density at radius 1 is 1.08 bits per heavy atom. The van der Waals surface area contributed by atoms with E-state index < -0.39 is 0 Å². The van der Waals surface area contributed by atoms with Crippen LogP contribution in [0.2, 0.25) is 0 Å². The third-order valence-electron chi connectivity index (χ3n) is 4.13. The lowest BCUT2D eigenvalue weighted by atomic mass is 10.1. The largest absolute Gasteiger partial charge is 0.493 e. The third kappa shape index (κ3) is 5.50. The van der Waals surface area contributed by atoms with Gasteiger partial charge >= 0.3 is 0 Å². The van der Waals surface area contributed by atoms with Gasteiger partial charge in [-0.2, -0.15) is 0 Å². The summed E-state index contributed by atoms with van der Waals surface area (Å²) in [6.45, 7) is 3.76. The standard InChI is InChI=1S/C20H26N2O3/c1-15-10-18(24-3)19(25-4)11-17(15)13-22(2)14-20(23)21-12-16-8-6-5-7-9-16/h5-11H,12-14H2,1-4H3,(H,21,23)/p+1. The summed E-state index contributed by atoms with van der Waals surface area (Å²) in [4.78, 5) is 13.3. The van der Waals surface area contributed by atoms with Crippen molar-refractivity contribution < 1.29 is 19.2 Å². The Morgan fingerprint density at radius 2 is 1.72 bits per heavy atom. The van der Waals surface area contributed by atoms with E-state index in [9.17, 15) is 4.79 Å². The molecular weight excluding hydrogens is 316 g/mol. The van der Waals surface area contributed by atoms with Gasteiger partial charge in [0.2, 0.25) is 0 Å². The van der Waals surface area contributed by atoms with Crippen LogP contribution >= 0.6 is 0 Å². The normalized spacial score (nSPS) is 11.7. The molecule has 0 saturated heterocycles. The Hall–Kier alpha value is -2.53. The third-order valence-corrected chi connectivity index (χ3v) is 4.13. The molecule has 1 amide bonds. The highest BCUT2D eigenvalue weighted by molar-refractivity contribution is 5.76. The van der Waals surface area contributed by atoms with Crippen molar-refractivity contribution in [2.45, 2.75) is 20.0 Å². The molecule has 0 aliphatic heterocycles. The summed E-state index contributed by atoms with van der Waals surface area (Å²) in [7, 11) is 5.27. The molecule has 2 rings (SSSR count). The van der Waals surface area contributed by atoms with Gasteiger partial charge in [-0.15, -0.1) is 0 Å². The molecule has 0 aliphatic rings. The summed E-state index contributed by atoms with van der Waals surface area (Å²) in [6.07, 6.45) is 0. The van der Waals surface area contributed by atoms with Crippen molar-refractivity contribution in [2.24, 2.45) is 0 Å². The average molecular weight is 343 g/mol. The lowest BCUT2D eigenvalue weighted by Crippen LogP contribution is -3.08. The van der Waals surface area contributed by atoms with Gasteiger partial charge in [-0.05, 0) is 30.2 Å². The molecule has 0 fully saturated rings. The molecule has 134 valence electrons. The summed E-state index contributed by atoms with van der Waals surface area (Å²) >= 11 is 0. The molecule has 0 aromatic heterocycles. The Bertz CT molecular complexity index is 702. The molecular formula is C20H27N2O3+. The second kappa shape index (κ2) is 9.08. The van der Waals surface area contributed by atoms with Gasteiger partial charge < -0.3 is 19.7 Å². The number of quaternary nitrogens is 1. The number of likely N-dealkylation sites (N-methyl/N-ethyl adjacent to an activating group) is 1. The van der Waals surface area contributed by atoms with Crippen LogP contribution in [0.3, 0.4) is 0 Å². The second-order valence-electron chi connectivity index (χ2n) is 6.21. The molecule has 0 heterocycles. The van der Waals surface area contributed by atoms with Crippen molar-refractivity contribution in [3.05, 3.63) is 59.2 Å². The van der Waals surface area contributed by atoms with E-state index in [0.717, 1.165) is 33.9 Å². The summed E-state index contributed by atoms with van der Waals surface area (Å²) in [6, 6.07) is 13.9. The fourth-order valence-corrected chi connectivity index (χ4v) is 2.73. The van der Waals surface area contributed by atoms with Gasteiger partial charge in [0.1, 0.15) is 6.54 Å². The highest BCUT2D eigenvalue weighted by atomic mass is 16.5. The minimum absolute atomic E-state index is 0.0412. The van der Waals surface area contributed by atoms with E-state index in [1.807, 2.05) is 56.4 Å². The van der Waals surface area contributed by atoms with Crippen LogP contribution < -0.4 is 19.7 Å². The minimum atomic E-state index is 0.0412. The minimum Gasteiger partial charge on any atom is -0.493 e. The number of hydrogen-bond donors (Lipinski definition) is 2. The van der Waals surface area contributed by atoms with Crippen molar-refractivity contribution in [1.29, 1.82) is 0 Å². The molecule has 1 atom stereocenters. The van der Waals surface area contributed by atoms with E-state index in [-0.39, 0.29) is 5.91 Å². The number of hydrogen-bond acceptors (Lipinski definition) is 3. The van der Waals surface area contributed by atoms with Crippen LogP contribution in [0, 0.1) is 6.92 Å². The number of carbonyl (C=O) groups is 1. The van der Waals surface area contributed by atoms with Crippen LogP contribution in [-0.2, 0) is 17.9 Å². The fourth-order valence-electron chi connectivity index (χ4n) is 2.73. The smallest absolute Gasteiger partial charge is 0.275 e. The molecule has 0 saturated carbocycles. The predicted molar refractivity (Wildman–Crippen MR) is 98.0 cm³/mol. The molecule has 0 aliphatic carbocycles. The summed E-state index contributed by atoms with van der Waals surface area (Å²) in [5.74, 6) is 1.48. The number of nitrogens with one attached hydrogen (secondary N) is 2. The van der Waals surface area contributed by atoms with Crippen LogP contribution in [-0.4, -0.2) is 33.7 Å². The number of benzene rings is 2. The zero-order valence-corrected chi connectivity index (χ0v) is 15.4. The Kier molecular flexibility index (Phi) is 6.83. The molecule has 5 heteroatoms. The first-order valence-corrected chi connectivity index (χ1v) is 8.37. The molecule has 0 radical (unpaired) electrons. The monoisotopic (exact) mass is 343 g/mol. The summed E-state index contributed by atoms with van der Waals surface area (Å²) in [5.41, 5.74) is 3.37. The van der Waals surface area contributed by atoms with Gasteiger partial charge in [0.05, 0.1) is 21.3 Å². The Labute approximate surface area is 149 Å². The molecule has 2 N–H and O–H groups in total. The highest BCUT2D eigenvalue weighted by Crippen LogP contribution is 2.29. The molecule has 2 aromatic carbocycles. The van der Waals surface area contributed by atoms with Crippen molar-refractivity contribution in [3.8, 4) is 11.5 Å². The highest BCUT2D eigenvalue weighted by Gasteiger charge is 2.14. The number of methoxy groups -OCH3 is 2. The summed E-state index contributed by atoms with van der Waals surface area (Å²) < 4.78 is 10.7.